The number of hydrogen-bond donors (Lipinski definition) is 1. The Hall–Kier alpha value is -3.15. The van der Waals surface area contributed by atoms with E-state index in [-0.39, 0.29) is 17.6 Å². The van der Waals surface area contributed by atoms with Crippen molar-refractivity contribution in [1.29, 1.82) is 0 Å². The van der Waals surface area contributed by atoms with Crippen molar-refractivity contribution in [3.05, 3.63) is 72.5 Å². The lowest BCUT2D eigenvalue weighted by Crippen LogP contribution is -2.25. The van der Waals surface area contributed by atoms with E-state index in [2.05, 4.69) is 15.3 Å². The smallest absolute Gasteiger partial charge is 0.290 e. The van der Waals surface area contributed by atoms with Crippen LogP contribution in [0.2, 0.25) is 0 Å². The van der Waals surface area contributed by atoms with Crippen LogP contribution >= 0.6 is 0 Å². The zero-order chi connectivity index (χ0) is 15.9. The molecule has 0 atom stereocenters. The summed E-state index contributed by atoms with van der Waals surface area (Å²) in [6.45, 7) is 0.451. The van der Waals surface area contributed by atoms with Crippen LogP contribution in [0.25, 0.3) is 0 Å². The van der Waals surface area contributed by atoms with Gasteiger partial charge in [-0.25, -0.2) is 0 Å². The minimum Gasteiger partial charge on any atom is -0.426 e. The molecule has 116 valence electrons. The van der Waals surface area contributed by atoms with Gasteiger partial charge in [-0.2, -0.15) is 0 Å². The summed E-state index contributed by atoms with van der Waals surface area (Å²) in [7, 11) is 0. The molecule has 6 nitrogen and oxygen atoms in total. The van der Waals surface area contributed by atoms with Gasteiger partial charge in [0.05, 0.1) is 5.69 Å². The van der Waals surface area contributed by atoms with Crippen molar-refractivity contribution in [3.8, 4) is 11.7 Å². The quantitative estimate of drug-likeness (QED) is 0.757. The summed E-state index contributed by atoms with van der Waals surface area (Å²) in [5.74, 6) is 0.832. The monoisotopic (exact) mass is 309 g/mol. The van der Waals surface area contributed by atoms with Crippen molar-refractivity contribution in [2.24, 2.45) is 0 Å². The van der Waals surface area contributed by atoms with Gasteiger partial charge in [0.2, 0.25) is 0 Å². The van der Waals surface area contributed by atoms with Gasteiger partial charge in [-0.15, -0.1) is 0 Å². The number of para-hydroxylation sites is 1. The van der Waals surface area contributed by atoms with Crippen LogP contribution in [0.3, 0.4) is 0 Å². The Morgan fingerprint density at radius 2 is 2.00 bits per heavy atom. The molecule has 2 aromatic heterocycles. The highest BCUT2D eigenvalue weighted by atomic mass is 16.6. The molecule has 0 saturated carbocycles. The first-order chi connectivity index (χ1) is 11.3. The summed E-state index contributed by atoms with van der Waals surface area (Å²) in [6.07, 6.45) is 5.51. The Balaban J connectivity index is 1.52. The number of carbonyl (C=O) groups is 1. The molecule has 0 spiro atoms. The number of nitrogens with zero attached hydrogens (tertiary/aromatic N) is 2. The van der Waals surface area contributed by atoms with Crippen molar-refractivity contribution in [2.45, 2.75) is 6.42 Å². The Labute approximate surface area is 133 Å². The number of carbonyl (C=O) groups excluding carboxylic acids is 1. The molecule has 3 aromatic rings. The first kappa shape index (κ1) is 14.8. The standard InChI is InChI=1S/C17H15N3O3/c21-17(20-9-8-13-12-18-10-11-19-13)15-6-7-16(23-15)22-14-4-2-1-3-5-14/h1-7,10-12H,8-9H2,(H,20,21). The maximum Gasteiger partial charge on any atom is 0.290 e. The number of nitrogens with one attached hydrogen (secondary N) is 1. The van der Waals surface area contributed by atoms with Gasteiger partial charge < -0.3 is 14.5 Å². The molecule has 0 radical (unpaired) electrons. The van der Waals surface area contributed by atoms with Crippen molar-refractivity contribution in [3.63, 3.8) is 0 Å². The van der Waals surface area contributed by atoms with Crippen LogP contribution in [0.4, 0.5) is 0 Å². The van der Waals surface area contributed by atoms with Gasteiger partial charge >= 0.3 is 0 Å². The molecule has 1 amide bonds. The average molecular weight is 309 g/mol. The van der Waals surface area contributed by atoms with Crippen LogP contribution < -0.4 is 10.1 Å². The van der Waals surface area contributed by atoms with E-state index in [0.717, 1.165) is 5.69 Å². The van der Waals surface area contributed by atoms with E-state index >= 15 is 0 Å². The third-order valence-corrected chi connectivity index (χ3v) is 3.05. The molecule has 0 aliphatic carbocycles. The van der Waals surface area contributed by atoms with Gasteiger partial charge in [0.15, 0.2) is 5.76 Å². The highest BCUT2D eigenvalue weighted by molar-refractivity contribution is 5.91. The van der Waals surface area contributed by atoms with Crippen LogP contribution in [0, 0.1) is 0 Å². The zero-order valence-electron chi connectivity index (χ0n) is 12.3. The Bertz CT molecular complexity index is 757. The fourth-order valence-corrected chi connectivity index (χ4v) is 1.95. The molecule has 0 saturated heterocycles. The molecule has 3 rings (SSSR count). The maximum atomic E-state index is 12.0. The normalized spacial score (nSPS) is 10.3. The van der Waals surface area contributed by atoms with Crippen LogP contribution in [0.1, 0.15) is 16.2 Å². The number of hydrogen-bond acceptors (Lipinski definition) is 5. The SMILES string of the molecule is O=C(NCCc1cnccn1)c1ccc(Oc2ccccc2)o1. The molecule has 1 aromatic carbocycles. The first-order valence-electron chi connectivity index (χ1n) is 7.17. The Morgan fingerprint density at radius 1 is 1.13 bits per heavy atom. The second kappa shape index (κ2) is 7.22. The van der Waals surface area contributed by atoms with Crippen molar-refractivity contribution >= 4 is 5.91 Å². The molecule has 6 heteroatoms. The minimum atomic E-state index is -0.295. The molecule has 0 bridgehead atoms. The second-order valence-corrected chi connectivity index (χ2v) is 4.74. The third-order valence-electron chi connectivity index (χ3n) is 3.05. The topological polar surface area (TPSA) is 77.2 Å². The average Bonchev–Trinajstić information content (AvgIpc) is 3.05. The largest absolute Gasteiger partial charge is 0.426 e. The van der Waals surface area contributed by atoms with E-state index in [1.165, 1.54) is 0 Å². The van der Waals surface area contributed by atoms with Gasteiger partial charge in [0.1, 0.15) is 5.75 Å². The summed E-state index contributed by atoms with van der Waals surface area (Å²) in [5.41, 5.74) is 0.820. The molecule has 0 aliphatic heterocycles. The third kappa shape index (κ3) is 4.16. The molecule has 23 heavy (non-hydrogen) atoms. The van der Waals surface area contributed by atoms with Gasteiger partial charge in [0.25, 0.3) is 11.9 Å². The molecule has 1 N–H and O–H groups in total. The van der Waals surface area contributed by atoms with Gasteiger partial charge in [-0.1, -0.05) is 18.2 Å². The number of ether oxygens (including phenoxy) is 1. The van der Waals surface area contributed by atoms with Crippen LogP contribution in [0.15, 0.2) is 65.5 Å². The van der Waals surface area contributed by atoms with Crippen molar-refractivity contribution < 1.29 is 13.9 Å². The number of amides is 1. The first-order valence-corrected chi connectivity index (χ1v) is 7.17. The lowest BCUT2D eigenvalue weighted by Gasteiger charge is -2.03. The van der Waals surface area contributed by atoms with Gasteiger partial charge in [-0.05, 0) is 18.2 Å². The fraction of sp³-hybridized carbons (Fsp3) is 0.118. The summed E-state index contributed by atoms with van der Waals surface area (Å²) in [5, 5.41) is 2.77. The van der Waals surface area contributed by atoms with Crippen molar-refractivity contribution in [1.82, 2.24) is 15.3 Å². The van der Waals surface area contributed by atoms with Gasteiger partial charge in [0, 0.05) is 37.6 Å². The van der Waals surface area contributed by atoms with E-state index in [9.17, 15) is 4.79 Å². The van der Waals surface area contributed by atoms with E-state index in [1.807, 2.05) is 30.3 Å². The molecule has 2 heterocycles. The zero-order valence-corrected chi connectivity index (χ0v) is 12.3. The second-order valence-electron chi connectivity index (χ2n) is 4.74. The van der Waals surface area contributed by atoms with E-state index in [0.29, 0.717) is 18.7 Å². The number of benzene rings is 1. The number of rotatable bonds is 6. The molecular weight excluding hydrogens is 294 g/mol. The lowest BCUT2D eigenvalue weighted by atomic mass is 10.3. The van der Waals surface area contributed by atoms with Crippen LogP contribution in [0.5, 0.6) is 11.7 Å². The summed E-state index contributed by atoms with van der Waals surface area (Å²) in [6, 6.07) is 12.4. The highest BCUT2D eigenvalue weighted by Crippen LogP contribution is 2.23. The summed E-state index contributed by atoms with van der Waals surface area (Å²) >= 11 is 0. The van der Waals surface area contributed by atoms with Gasteiger partial charge in [-0.3, -0.25) is 14.8 Å². The Kier molecular flexibility index (Phi) is 4.63. The van der Waals surface area contributed by atoms with E-state index < -0.39 is 0 Å². The fourth-order valence-electron chi connectivity index (χ4n) is 1.95. The predicted octanol–water partition coefficient (Wildman–Crippen LogP) is 2.83. The molecular formula is C17H15N3O3. The lowest BCUT2D eigenvalue weighted by molar-refractivity contribution is 0.0921. The number of aromatic nitrogens is 2. The molecule has 0 aliphatic rings. The molecule has 0 unspecified atom stereocenters. The maximum absolute atomic E-state index is 12.0. The van der Waals surface area contributed by atoms with Crippen molar-refractivity contribution in [2.75, 3.05) is 6.54 Å². The summed E-state index contributed by atoms with van der Waals surface area (Å²) < 4.78 is 10.9. The minimum absolute atomic E-state index is 0.204. The van der Waals surface area contributed by atoms with Crippen LogP contribution in [-0.4, -0.2) is 22.4 Å². The van der Waals surface area contributed by atoms with E-state index in [4.69, 9.17) is 9.15 Å². The molecule has 0 fully saturated rings. The predicted molar refractivity (Wildman–Crippen MR) is 83.3 cm³/mol. The van der Waals surface area contributed by atoms with E-state index in [1.54, 1.807) is 30.7 Å². The van der Waals surface area contributed by atoms with Crippen LogP contribution in [-0.2, 0) is 6.42 Å². The summed E-state index contributed by atoms with van der Waals surface area (Å²) in [4.78, 5) is 20.1. The number of furan rings is 1. The highest BCUT2D eigenvalue weighted by Gasteiger charge is 2.12. The Morgan fingerprint density at radius 3 is 2.78 bits per heavy atom.